The van der Waals surface area contributed by atoms with Gasteiger partial charge in [0, 0.05) is 18.0 Å². The van der Waals surface area contributed by atoms with E-state index in [-0.39, 0.29) is 29.7 Å². The van der Waals surface area contributed by atoms with Gasteiger partial charge < -0.3 is 26.2 Å². The van der Waals surface area contributed by atoms with Crippen LogP contribution in [0.5, 0.6) is 5.75 Å². The molecule has 6 rings (SSSR count). The number of Topliss-reactive ketones (excluding diaryl/α,β-unsaturated/α-hetero) is 2. The Morgan fingerprint density at radius 1 is 1.09 bits per heavy atom. The van der Waals surface area contributed by atoms with Crippen molar-refractivity contribution in [1.29, 1.82) is 0 Å². The Labute approximate surface area is 256 Å². The number of aromatic hydroxyl groups is 1. The molecule has 6 N–H and O–H groups in total. The molecule has 1 amide bonds. The molecule has 10 heteroatoms. The number of piperidine rings is 1. The number of hydrogen-bond donors (Lipinski definition) is 5. The van der Waals surface area contributed by atoms with Crippen molar-refractivity contribution in [3.8, 4) is 16.9 Å². The summed E-state index contributed by atoms with van der Waals surface area (Å²) in [6.45, 7) is 5.19. The third kappa shape index (κ3) is 4.55. The number of fused-ring (bicyclic) bond motifs is 3. The summed E-state index contributed by atoms with van der Waals surface area (Å²) in [6.07, 6.45) is 2.64. The van der Waals surface area contributed by atoms with Gasteiger partial charge in [0.25, 0.3) is 5.91 Å². The predicted octanol–water partition coefficient (Wildman–Crippen LogP) is 3.02. The summed E-state index contributed by atoms with van der Waals surface area (Å²) in [5.74, 6) is -5.84. The van der Waals surface area contributed by atoms with Crippen LogP contribution in [-0.4, -0.2) is 86.5 Å². The Morgan fingerprint density at radius 3 is 2.45 bits per heavy atom. The Morgan fingerprint density at radius 2 is 1.80 bits per heavy atom. The van der Waals surface area contributed by atoms with Gasteiger partial charge in [0.1, 0.15) is 22.8 Å². The van der Waals surface area contributed by atoms with Crippen LogP contribution in [0.1, 0.15) is 47.7 Å². The van der Waals surface area contributed by atoms with Crippen LogP contribution in [0.15, 0.2) is 59.1 Å². The van der Waals surface area contributed by atoms with E-state index in [9.17, 15) is 34.8 Å². The minimum Gasteiger partial charge on any atom is -0.510 e. The fraction of sp³-hybridized carbons (Fsp3) is 0.441. The smallest absolute Gasteiger partial charge is 0.255 e. The Balaban J connectivity index is 1.43. The van der Waals surface area contributed by atoms with Crippen molar-refractivity contribution in [2.45, 2.75) is 50.8 Å². The summed E-state index contributed by atoms with van der Waals surface area (Å²) in [5, 5.41) is 45.2. The highest BCUT2D eigenvalue weighted by atomic mass is 16.3. The van der Waals surface area contributed by atoms with Crippen molar-refractivity contribution >= 4 is 17.5 Å². The molecule has 1 saturated heterocycles. The van der Waals surface area contributed by atoms with Crippen LogP contribution < -0.4 is 5.73 Å². The number of nitrogens with two attached hydrogens (primary N) is 1. The second-order valence-electron chi connectivity index (χ2n) is 13.1. The molecule has 1 heterocycles. The van der Waals surface area contributed by atoms with E-state index < -0.39 is 58.0 Å². The quantitative estimate of drug-likeness (QED) is 0.324. The summed E-state index contributed by atoms with van der Waals surface area (Å²) in [5.41, 5.74) is 5.23. The Hall–Kier alpha value is -3.99. The Bertz CT molecular complexity index is 1640. The summed E-state index contributed by atoms with van der Waals surface area (Å²) < 4.78 is 0. The molecule has 1 aliphatic heterocycles. The standard InChI is InChI=1S/C34H39N3O7/c1-17-9-11-37(12-10-17)16-18-5-4-6-19(13-18)21-7-8-24(38)26-22(21)14-20-15-23-28(36(2)3)30(40)27(33(35)43)32(42)34(23,44)31(41)25(20)29(26)39/h4-8,13,17,20,23,28,38,40-41,44H,9-12,14-16H2,1-3H3,(H2,35,43)/t20-,23-,28-,34-/m0/s1. The lowest BCUT2D eigenvalue weighted by Gasteiger charge is -2.50. The normalized spacial score (nSPS) is 27.8. The van der Waals surface area contributed by atoms with E-state index in [0.29, 0.717) is 5.56 Å². The summed E-state index contributed by atoms with van der Waals surface area (Å²) in [7, 11) is 3.22. The van der Waals surface area contributed by atoms with Gasteiger partial charge in [0.05, 0.1) is 11.6 Å². The lowest BCUT2D eigenvalue weighted by Crippen LogP contribution is -2.63. The Kier molecular flexibility index (Phi) is 7.42. The molecule has 0 saturated carbocycles. The number of carbonyl (C=O) groups is 3. The average molecular weight is 602 g/mol. The molecule has 1 fully saturated rings. The van der Waals surface area contributed by atoms with E-state index in [1.807, 2.05) is 12.1 Å². The molecule has 232 valence electrons. The number of primary amides is 1. The molecule has 0 unspecified atom stereocenters. The third-order valence-electron chi connectivity index (χ3n) is 10.1. The number of rotatable bonds is 5. The number of allylic oxidation sites excluding steroid dienone is 1. The number of aliphatic hydroxyl groups is 3. The number of phenolic OH excluding ortho intramolecular Hbond substituents is 1. The molecule has 0 radical (unpaired) electrons. The van der Waals surface area contributed by atoms with Gasteiger partial charge in [-0.3, -0.25) is 24.2 Å². The maximum absolute atomic E-state index is 14.1. The van der Waals surface area contributed by atoms with Gasteiger partial charge in [0.2, 0.25) is 5.78 Å². The van der Waals surface area contributed by atoms with Gasteiger partial charge in [-0.25, -0.2) is 0 Å². The molecular formula is C34H39N3O7. The molecule has 0 spiro atoms. The van der Waals surface area contributed by atoms with Crippen LogP contribution in [0, 0.1) is 17.8 Å². The predicted molar refractivity (Wildman–Crippen MR) is 163 cm³/mol. The fourth-order valence-electron chi connectivity index (χ4n) is 7.84. The van der Waals surface area contributed by atoms with Gasteiger partial charge in [-0.2, -0.15) is 0 Å². The lowest BCUT2D eigenvalue weighted by molar-refractivity contribution is -0.148. The minimum absolute atomic E-state index is 0.0127. The van der Waals surface area contributed by atoms with E-state index in [4.69, 9.17) is 5.73 Å². The fourth-order valence-corrected chi connectivity index (χ4v) is 7.84. The van der Waals surface area contributed by atoms with Crippen molar-refractivity contribution in [2.75, 3.05) is 27.2 Å². The number of carbonyl (C=O) groups excluding carboxylic acids is 3. The van der Waals surface area contributed by atoms with E-state index in [1.54, 1.807) is 25.1 Å². The number of phenols is 1. The van der Waals surface area contributed by atoms with Gasteiger partial charge in [-0.15, -0.1) is 0 Å². The number of ketones is 2. The summed E-state index contributed by atoms with van der Waals surface area (Å²) >= 11 is 0. The van der Waals surface area contributed by atoms with Crippen LogP contribution in [-0.2, 0) is 22.6 Å². The maximum Gasteiger partial charge on any atom is 0.255 e. The first-order chi connectivity index (χ1) is 20.8. The molecule has 44 heavy (non-hydrogen) atoms. The molecule has 0 bridgehead atoms. The van der Waals surface area contributed by atoms with Crippen molar-refractivity contribution in [2.24, 2.45) is 23.5 Å². The number of hydrogen-bond acceptors (Lipinski definition) is 9. The second-order valence-corrected chi connectivity index (χ2v) is 13.1. The van der Waals surface area contributed by atoms with Crippen LogP contribution in [0.25, 0.3) is 11.1 Å². The van der Waals surface area contributed by atoms with Gasteiger partial charge in [-0.1, -0.05) is 31.2 Å². The molecule has 3 aliphatic carbocycles. The molecule has 4 atom stereocenters. The first-order valence-electron chi connectivity index (χ1n) is 15.2. The molecule has 10 nitrogen and oxygen atoms in total. The third-order valence-corrected chi connectivity index (χ3v) is 10.1. The number of aliphatic hydroxyl groups excluding tert-OH is 2. The monoisotopic (exact) mass is 601 g/mol. The summed E-state index contributed by atoms with van der Waals surface area (Å²) in [4.78, 5) is 43.7. The largest absolute Gasteiger partial charge is 0.510 e. The molecule has 0 aromatic heterocycles. The van der Waals surface area contributed by atoms with E-state index in [2.05, 4.69) is 24.0 Å². The average Bonchev–Trinajstić information content (AvgIpc) is 2.96. The zero-order chi connectivity index (χ0) is 31.7. The van der Waals surface area contributed by atoms with Gasteiger partial charge in [-0.05, 0) is 99.1 Å². The van der Waals surface area contributed by atoms with Crippen LogP contribution in [0.2, 0.25) is 0 Å². The van der Waals surface area contributed by atoms with Gasteiger partial charge in [0.15, 0.2) is 11.4 Å². The van der Waals surface area contributed by atoms with Gasteiger partial charge >= 0.3 is 0 Å². The topological polar surface area (TPSA) is 165 Å². The number of benzene rings is 2. The van der Waals surface area contributed by atoms with Crippen LogP contribution >= 0.6 is 0 Å². The number of likely N-dealkylation sites (tertiary alicyclic amines) is 1. The van der Waals surface area contributed by atoms with Crippen molar-refractivity contribution < 1.29 is 34.8 Å². The van der Waals surface area contributed by atoms with Crippen molar-refractivity contribution in [3.63, 3.8) is 0 Å². The van der Waals surface area contributed by atoms with E-state index in [0.717, 1.165) is 42.2 Å². The van der Waals surface area contributed by atoms with Crippen LogP contribution in [0.4, 0.5) is 0 Å². The minimum atomic E-state index is -2.65. The highest BCUT2D eigenvalue weighted by molar-refractivity contribution is 6.24. The SMILES string of the molecule is CC1CCN(Cc2cccc(-c3ccc(O)c4c3C[C@H]3C[C@H]5[C@H](N(C)C)C(O)=C(C(N)=O)C(=O)[C@@]5(O)C(O)=C3C4=O)c2)CC1. The van der Waals surface area contributed by atoms with E-state index >= 15 is 0 Å². The number of nitrogens with zero attached hydrogens (tertiary/aromatic N) is 2. The zero-order valence-corrected chi connectivity index (χ0v) is 25.2. The first kappa shape index (κ1) is 30.1. The second kappa shape index (κ2) is 10.9. The van der Waals surface area contributed by atoms with Crippen molar-refractivity contribution in [1.82, 2.24) is 9.80 Å². The number of amides is 1. The van der Waals surface area contributed by atoms with Crippen LogP contribution in [0.3, 0.4) is 0 Å². The van der Waals surface area contributed by atoms with E-state index in [1.165, 1.54) is 18.9 Å². The number of likely N-dealkylation sites (N-methyl/N-ethyl adjacent to an activating group) is 1. The van der Waals surface area contributed by atoms with Crippen molar-refractivity contribution in [3.05, 3.63) is 75.8 Å². The molecule has 2 aromatic rings. The highest BCUT2D eigenvalue weighted by Gasteiger charge is 2.63. The highest BCUT2D eigenvalue weighted by Crippen LogP contribution is 2.53. The lowest BCUT2D eigenvalue weighted by atomic mass is 9.58. The molecule has 2 aromatic carbocycles. The maximum atomic E-state index is 14.1. The first-order valence-corrected chi connectivity index (χ1v) is 15.2. The molecular weight excluding hydrogens is 562 g/mol. The summed E-state index contributed by atoms with van der Waals surface area (Å²) in [6, 6.07) is 10.4. The zero-order valence-electron chi connectivity index (χ0n) is 25.2. The molecule has 4 aliphatic rings.